The van der Waals surface area contributed by atoms with Gasteiger partial charge in [-0.3, -0.25) is 4.79 Å². The fourth-order valence-electron chi connectivity index (χ4n) is 4.14. The van der Waals surface area contributed by atoms with Crippen LogP contribution in [0.25, 0.3) is 10.8 Å². The second-order valence-corrected chi connectivity index (χ2v) is 7.92. The fourth-order valence-corrected chi connectivity index (χ4v) is 4.14. The van der Waals surface area contributed by atoms with E-state index >= 15 is 0 Å². The normalized spacial score (nSPS) is 28.0. The number of aryl methyl sites for hydroxylation is 1. The summed E-state index contributed by atoms with van der Waals surface area (Å²) in [5.74, 6) is -2.37. The molecule has 1 aliphatic rings. The van der Waals surface area contributed by atoms with Gasteiger partial charge in [-0.05, 0) is 43.4 Å². The number of ketones is 1. The predicted molar refractivity (Wildman–Crippen MR) is 111 cm³/mol. The van der Waals surface area contributed by atoms with Crippen LogP contribution in [0.15, 0.2) is 18.2 Å². The van der Waals surface area contributed by atoms with Gasteiger partial charge in [-0.2, -0.15) is 0 Å². The summed E-state index contributed by atoms with van der Waals surface area (Å²) in [5, 5.41) is 61.7. The van der Waals surface area contributed by atoms with Crippen molar-refractivity contribution in [3.63, 3.8) is 0 Å². The Labute approximate surface area is 183 Å². The van der Waals surface area contributed by atoms with Crippen molar-refractivity contribution < 1.29 is 49.7 Å². The molecule has 0 bridgehead atoms. The number of aromatic hydroxyl groups is 1. The largest absolute Gasteiger partial charge is 0.506 e. The van der Waals surface area contributed by atoms with E-state index in [0.717, 1.165) is 6.07 Å². The predicted octanol–water partition coefficient (Wildman–Crippen LogP) is 0.714. The maximum Gasteiger partial charge on any atom is 0.335 e. The van der Waals surface area contributed by atoms with E-state index in [2.05, 4.69) is 0 Å². The molecule has 0 saturated carbocycles. The molecule has 10 heteroatoms. The highest BCUT2D eigenvalue weighted by Gasteiger charge is 2.54. The average Bonchev–Trinajstić information content (AvgIpc) is 2.73. The molecule has 1 heterocycles. The number of phenols is 1. The molecule has 0 aromatic heterocycles. The van der Waals surface area contributed by atoms with Gasteiger partial charge in [0.05, 0.1) is 23.1 Å². The maximum atomic E-state index is 12.0. The lowest BCUT2D eigenvalue weighted by molar-refractivity contribution is -0.313. The molecule has 0 unspecified atom stereocenters. The number of aliphatic hydroxyl groups is 4. The first kappa shape index (κ1) is 23.9. The summed E-state index contributed by atoms with van der Waals surface area (Å²) < 4.78 is 11.2. The van der Waals surface area contributed by atoms with Gasteiger partial charge in [-0.15, -0.1) is 0 Å². The van der Waals surface area contributed by atoms with E-state index in [-0.39, 0.29) is 34.1 Å². The van der Waals surface area contributed by atoms with Crippen molar-refractivity contribution in [3.05, 3.63) is 34.9 Å². The van der Waals surface area contributed by atoms with Gasteiger partial charge in [0.1, 0.15) is 35.4 Å². The second kappa shape index (κ2) is 8.64. The van der Waals surface area contributed by atoms with Gasteiger partial charge in [0.2, 0.25) is 6.29 Å². The van der Waals surface area contributed by atoms with Gasteiger partial charge in [-0.25, -0.2) is 4.79 Å². The van der Waals surface area contributed by atoms with E-state index in [1.165, 1.54) is 26.0 Å². The Hall–Kier alpha value is -2.76. The Morgan fingerprint density at radius 3 is 2.41 bits per heavy atom. The summed E-state index contributed by atoms with van der Waals surface area (Å²) in [7, 11) is 0. The molecular weight excluding hydrogens is 424 g/mol. The first-order valence-electron chi connectivity index (χ1n) is 10.0. The van der Waals surface area contributed by atoms with Gasteiger partial charge in [-0.1, -0.05) is 13.0 Å². The zero-order chi connectivity index (χ0) is 24.0. The molecule has 0 radical (unpaired) electrons. The van der Waals surface area contributed by atoms with Gasteiger partial charge in [0.25, 0.3) is 0 Å². The molecule has 0 aliphatic carbocycles. The Balaban J connectivity index is 2.16. The maximum absolute atomic E-state index is 12.0. The standard InChI is InChI=1S/C22H26O10/c1-4-22(30)14(8-23)32-21(18(26)19(22)27)31-13-7-12(20(28)29)6-11-5-9(2)15(10(3)24)17(25)16(11)13/h5-7,14,18-19,21,23,25-27,30H,4,8H2,1-3H3,(H,28,29)/t14-,18-,19-,21-,22+/m1/s1. The monoisotopic (exact) mass is 450 g/mol. The first-order valence-corrected chi connectivity index (χ1v) is 10.0. The highest BCUT2D eigenvalue weighted by molar-refractivity contribution is 6.08. The molecular formula is C22H26O10. The molecule has 5 atom stereocenters. The molecule has 1 saturated heterocycles. The quantitative estimate of drug-likeness (QED) is 0.344. The number of carboxylic acids is 1. The van der Waals surface area contributed by atoms with Crippen LogP contribution in [0.3, 0.4) is 0 Å². The summed E-state index contributed by atoms with van der Waals surface area (Å²) in [6, 6.07) is 3.89. The van der Waals surface area contributed by atoms with Crippen LogP contribution in [0.4, 0.5) is 0 Å². The second-order valence-electron chi connectivity index (χ2n) is 7.92. The van der Waals surface area contributed by atoms with Crippen molar-refractivity contribution in [2.24, 2.45) is 0 Å². The SMILES string of the molecule is CC[C@@]1(O)[C@H](O)[C@@H](O)[C@H](Oc2cc(C(=O)O)cc3cc(C)c(C(C)=O)c(O)c23)O[C@@H]1CO. The minimum atomic E-state index is -1.94. The van der Waals surface area contributed by atoms with Gasteiger partial charge in [0.15, 0.2) is 5.78 Å². The molecule has 6 N–H and O–H groups in total. The molecule has 2 aromatic rings. The van der Waals surface area contributed by atoms with Crippen LogP contribution in [0.1, 0.15) is 46.5 Å². The lowest BCUT2D eigenvalue weighted by atomic mass is 9.82. The average molecular weight is 450 g/mol. The van der Waals surface area contributed by atoms with Crippen LogP contribution >= 0.6 is 0 Å². The number of Topliss-reactive ketones (excluding diaryl/α,β-unsaturated/α-hetero) is 1. The Morgan fingerprint density at radius 2 is 1.88 bits per heavy atom. The third-order valence-corrected chi connectivity index (χ3v) is 5.92. The molecule has 3 rings (SSSR count). The number of fused-ring (bicyclic) bond motifs is 1. The molecule has 2 aromatic carbocycles. The summed E-state index contributed by atoms with van der Waals surface area (Å²) in [5.41, 5.74) is -1.70. The minimum Gasteiger partial charge on any atom is -0.506 e. The number of aliphatic hydroxyl groups excluding tert-OH is 3. The van der Waals surface area contributed by atoms with Crippen molar-refractivity contribution >= 4 is 22.5 Å². The summed E-state index contributed by atoms with van der Waals surface area (Å²) in [6.45, 7) is 3.70. The Kier molecular flexibility index (Phi) is 6.45. The van der Waals surface area contributed by atoms with Gasteiger partial charge in [0, 0.05) is 0 Å². The van der Waals surface area contributed by atoms with E-state index in [1.54, 1.807) is 6.92 Å². The van der Waals surface area contributed by atoms with E-state index in [9.17, 15) is 40.2 Å². The van der Waals surface area contributed by atoms with Crippen LogP contribution in [-0.4, -0.2) is 79.2 Å². The van der Waals surface area contributed by atoms with E-state index in [4.69, 9.17) is 9.47 Å². The lowest BCUT2D eigenvalue weighted by Crippen LogP contribution is -2.67. The van der Waals surface area contributed by atoms with E-state index in [1.807, 2.05) is 0 Å². The number of rotatable bonds is 6. The zero-order valence-corrected chi connectivity index (χ0v) is 17.8. The van der Waals surface area contributed by atoms with Crippen LogP contribution in [0.2, 0.25) is 0 Å². The molecule has 1 fully saturated rings. The number of carboxylic acid groups (broad SMARTS) is 1. The molecule has 174 valence electrons. The molecule has 10 nitrogen and oxygen atoms in total. The molecule has 32 heavy (non-hydrogen) atoms. The number of phenolic OH excluding ortho intramolecular Hbond substituents is 1. The topological polar surface area (TPSA) is 174 Å². The van der Waals surface area contributed by atoms with Crippen molar-refractivity contribution in [2.45, 2.75) is 57.4 Å². The molecule has 0 amide bonds. The first-order chi connectivity index (χ1) is 15.0. The Morgan fingerprint density at radius 1 is 1.22 bits per heavy atom. The number of benzene rings is 2. The number of aromatic carboxylic acids is 1. The van der Waals surface area contributed by atoms with Crippen molar-refractivity contribution in [3.8, 4) is 11.5 Å². The number of carbonyl (C=O) groups excluding carboxylic acids is 1. The number of hydrogen-bond acceptors (Lipinski definition) is 9. The number of carbonyl (C=O) groups is 2. The highest BCUT2D eigenvalue weighted by atomic mass is 16.7. The summed E-state index contributed by atoms with van der Waals surface area (Å²) >= 11 is 0. The molecule has 1 aliphatic heterocycles. The van der Waals surface area contributed by atoms with Crippen LogP contribution in [0, 0.1) is 6.92 Å². The number of ether oxygens (including phenoxy) is 2. The third kappa shape index (κ3) is 3.80. The lowest BCUT2D eigenvalue weighted by Gasteiger charge is -2.47. The zero-order valence-electron chi connectivity index (χ0n) is 17.8. The van der Waals surface area contributed by atoms with Crippen LogP contribution < -0.4 is 4.74 Å². The summed E-state index contributed by atoms with van der Waals surface area (Å²) in [6.07, 6.45) is -6.49. The number of hydrogen-bond donors (Lipinski definition) is 6. The highest BCUT2D eigenvalue weighted by Crippen LogP contribution is 2.41. The van der Waals surface area contributed by atoms with Crippen LogP contribution in [-0.2, 0) is 4.74 Å². The Bertz CT molecular complexity index is 1060. The fraction of sp³-hybridized carbons (Fsp3) is 0.455. The van der Waals surface area contributed by atoms with Crippen molar-refractivity contribution in [1.82, 2.24) is 0 Å². The minimum absolute atomic E-state index is 0.00737. The third-order valence-electron chi connectivity index (χ3n) is 5.92. The van der Waals surface area contributed by atoms with Crippen molar-refractivity contribution in [1.29, 1.82) is 0 Å². The van der Waals surface area contributed by atoms with Crippen LogP contribution in [0.5, 0.6) is 11.5 Å². The van der Waals surface area contributed by atoms with Gasteiger partial charge >= 0.3 is 5.97 Å². The van der Waals surface area contributed by atoms with E-state index < -0.39 is 54.3 Å². The summed E-state index contributed by atoms with van der Waals surface area (Å²) in [4.78, 5) is 23.7. The molecule has 0 spiro atoms. The van der Waals surface area contributed by atoms with Gasteiger partial charge < -0.3 is 40.1 Å². The smallest absolute Gasteiger partial charge is 0.335 e. The van der Waals surface area contributed by atoms with E-state index in [0.29, 0.717) is 5.56 Å². The van der Waals surface area contributed by atoms with Crippen molar-refractivity contribution in [2.75, 3.05) is 6.61 Å².